The van der Waals surface area contributed by atoms with Crippen LogP contribution in [0.15, 0.2) is 23.6 Å². The fourth-order valence-corrected chi connectivity index (χ4v) is 2.25. The molecule has 0 aliphatic rings. The van der Waals surface area contributed by atoms with Crippen LogP contribution in [-0.4, -0.2) is 31.6 Å². The number of amides is 1. The minimum absolute atomic E-state index is 0.218. The third kappa shape index (κ3) is 1.84. The van der Waals surface area contributed by atoms with Crippen molar-refractivity contribution < 1.29 is 4.79 Å². The Kier molecular flexibility index (Phi) is 2.25. The van der Waals surface area contributed by atoms with Gasteiger partial charge in [-0.05, 0) is 12.1 Å². The Morgan fingerprint density at radius 3 is 3.06 bits per heavy atom. The number of fused-ring (bicyclic) bond motifs is 2. The summed E-state index contributed by atoms with van der Waals surface area (Å²) in [7, 11) is 0. The normalized spacial score (nSPS) is 11.3. The average molecular weight is 247 g/mol. The van der Waals surface area contributed by atoms with Gasteiger partial charge in [0.2, 0.25) is 5.91 Å². The van der Waals surface area contributed by atoms with Gasteiger partial charge in [0.1, 0.15) is 0 Å². The molecule has 4 N–H and O–H groups in total. The van der Waals surface area contributed by atoms with Crippen LogP contribution in [0.5, 0.6) is 0 Å². The summed E-state index contributed by atoms with van der Waals surface area (Å²) in [6.45, 7) is 0. The van der Waals surface area contributed by atoms with Crippen molar-refractivity contribution in [1.29, 1.82) is 0 Å². The zero-order valence-corrected chi connectivity index (χ0v) is 9.54. The SMILES string of the molecule is NC(=O)CSc1nc2cc3nc[nH]c3cc2[nH]1. The van der Waals surface area contributed by atoms with Crippen molar-refractivity contribution in [3.05, 3.63) is 18.5 Å². The lowest BCUT2D eigenvalue weighted by Gasteiger charge is -1.90. The summed E-state index contributed by atoms with van der Waals surface area (Å²) >= 11 is 1.29. The second kappa shape index (κ2) is 3.77. The Balaban J connectivity index is 2.02. The van der Waals surface area contributed by atoms with Crippen LogP contribution >= 0.6 is 11.8 Å². The number of nitrogens with one attached hydrogen (secondary N) is 2. The Hall–Kier alpha value is -2.02. The van der Waals surface area contributed by atoms with Gasteiger partial charge in [-0.25, -0.2) is 9.97 Å². The van der Waals surface area contributed by atoms with Crippen LogP contribution in [0.2, 0.25) is 0 Å². The molecule has 6 nitrogen and oxygen atoms in total. The van der Waals surface area contributed by atoms with Crippen molar-refractivity contribution in [2.75, 3.05) is 5.75 Å². The number of carbonyl (C=O) groups excluding carboxylic acids is 1. The summed E-state index contributed by atoms with van der Waals surface area (Å²) < 4.78 is 0. The number of nitrogens with zero attached hydrogens (tertiary/aromatic N) is 2. The predicted octanol–water partition coefficient (Wildman–Crippen LogP) is 1.02. The summed E-state index contributed by atoms with van der Waals surface area (Å²) in [5.74, 6) is -0.139. The second-order valence-electron chi connectivity index (χ2n) is 3.59. The lowest BCUT2D eigenvalue weighted by molar-refractivity contribution is -0.115. The maximum Gasteiger partial charge on any atom is 0.227 e. The van der Waals surface area contributed by atoms with Crippen molar-refractivity contribution in [3.63, 3.8) is 0 Å². The van der Waals surface area contributed by atoms with Gasteiger partial charge in [0.05, 0.1) is 34.1 Å². The fourth-order valence-electron chi connectivity index (χ4n) is 1.62. The van der Waals surface area contributed by atoms with E-state index in [9.17, 15) is 4.79 Å². The van der Waals surface area contributed by atoms with Gasteiger partial charge in [-0.15, -0.1) is 0 Å². The molecule has 3 rings (SSSR count). The van der Waals surface area contributed by atoms with E-state index in [4.69, 9.17) is 5.73 Å². The molecular formula is C10H9N5OS. The topological polar surface area (TPSA) is 100 Å². The van der Waals surface area contributed by atoms with Crippen molar-refractivity contribution >= 4 is 39.7 Å². The molecule has 3 aromatic rings. The van der Waals surface area contributed by atoms with Crippen molar-refractivity contribution in [1.82, 2.24) is 19.9 Å². The molecular weight excluding hydrogens is 238 g/mol. The Bertz CT molecular complexity index is 653. The monoisotopic (exact) mass is 247 g/mol. The van der Waals surface area contributed by atoms with E-state index >= 15 is 0 Å². The lowest BCUT2D eigenvalue weighted by atomic mass is 10.3. The molecule has 0 atom stereocenters. The van der Waals surface area contributed by atoms with E-state index in [2.05, 4.69) is 19.9 Å². The third-order valence-corrected chi connectivity index (χ3v) is 3.25. The van der Waals surface area contributed by atoms with Crippen molar-refractivity contribution in [2.24, 2.45) is 5.73 Å². The molecule has 2 aromatic heterocycles. The van der Waals surface area contributed by atoms with Crippen LogP contribution in [0.25, 0.3) is 22.1 Å². The summed E-state index contributed by atoms with van der Waals surface area (Å²) in [6, 6.07) is 3.84. The van der Waals surface area contributed by atoms with Crippen LogP contribution in [0.3, 0.4) is 0 Å². The molecule has 0 aliphatic carbocycles. The van der Waals surface area contributed by atoms with E-state index in [0.29, 0.717) is 5.16 Å². The Morgan fingerprint density at radius 1 is 1.35 bits per heavy atom. The van der Waals surface area contributed by atoms with Crippen molar-refractivity contribution in [2.45, 2.75) is 5.16 Å². The standard InChI is InChI=1S/C10H9N5OS/c11-9(16)3-17-10-14-7-1-5-6(13-4-12-5)2-8(7)15-10/h1-2,4H,3H2,(H2,11,16)(H,12,13)(H,14,15). The zero-order valence-electron chi connectivity index (χ0n) is 8.73. The van der Waals surface area contributed by atoms with E-state index in [1.54, 1.807) is 6.33 Å². The second-order valence-corrected chi connectivity index (χ2v) is 4.55. The predicted molar refractivity (Wildman–Crippen MR) is 65.7 cm³/mol. The highest BCUT2D eigenvalue weighted by molar-refractivity contribution is 7.99. The van der Waals surface area contributed by atoms with E-state index < -0.39 is 0 Å². The number of aromatic nitrogens is 4. The van der Waals surface area contributed by atoms with E-state index in [1.165, 1.54) is 11.8 Å². The van der Waals surface area contributed by atoms with Crippen LogP contribution < -0.4 is 5.73 Å². The van der Waals surface area contributed by atoms with Gasteiger partial charge in [-0.3, -0.25) is 4.79 Å². The minimum atomic E-state index is -0.357. The number of rotatable bonds is 3. The van der Waals surface area contributed by atoms with Gasteiger partial charge in [0.25, 0.3) is 0 Å². The number of nitrogens with two attached hydrogens (primary N) is 1. The molecule has 0 bridgehead atoms. The highest BCUT2D eigenvalue weighted by atomic mass is 32.2. The highest BCUT2D eigenvalue weighted by Gasteiger charge is 2.07. The number of H-pyrrole nitrogens is 2. The number of benzene rings is 1. The molecule has 86 valence electrons. The number of imidazole rings is 2. The number of hydrogen-bond donors (Lipinski definition) is 3. The van der Waals surface area contributed by atoms with E-state index in [-0.39, 0.29) is 11.7 Å². The number of primary amides is 1. The Morgan fingerprint density at radius 2 is 2.24 bits per heavy atom. The largest absolute Gasteiger partial charge is 0.369 e. The first-order valence-corrected chi connectivity index (χ1v) is 5.95. The number of aromatic amines is 2. The summed E-state index contributed by atoms with van der Waals surface area (Å²) in [5, 5.41) is 0.687. The molecule has 1 aromatic carbocycles. The molecule has 0 saturated carbocycles. The summed E-state index contributed by atoms with van der Waals surface area (Å²) in [6.07, 6.45) is 1.65. The first-order valence-electron chi connectivity index (χ1n) is 4.96. The first-order chi connectivity index (χ1) is 8.22. The van der Waals surface area contributed by atoms with Gasteiger partial charge in [-0.1, -0.05) is 11.8 Å². The summed E-state index contributed by atoms with van der Waals surface area (Å²) in [5.41, 5.74) is 8.65. The van der Waals surface area contributed by atoms with E-state index in [0.717, 1.165) is 22.1 Å². The first kappa shape index (κ1) is 10.2. The van der Waals surface area contributed by atoms with Crippen LogP contribution in [-0.2, 0) is 4.79 Å². The molecule has 0 saturated heterocycles. The maximum atomic E-state index is 10.7. The molecule has 0 aliphatic heterocycles. The molecule has 2 heterocycles. The lowest BCUT2D eigenvalue weighted by Crippen LogP contribution is -2.13. The maximum absolute atomic E-state index is 10.7. The molecule has 0 unspecified atom stereocenters. The number of thioether (sulfide) groups is 1. The van der Waals surface area contributed by atoms with Crippen LogP contribution in [0, 0.1) is 0 Å². The zero-order chi connectivity index (χ0) is 11.8. The summed E-state index contributed by atoms with van der Waals surface area (Å²) in [4.78, 5) is 25.4. The van der Waals surface area contributed by atoms with Crippen LogP contribution in [0.1, 0.15) is 0 Å². The highest BCUT2D eigenvalue weighted by Crippen LogP contribution is 2.22. The number of hydrogen-bond acceptors (Lipinski definition) is 4. The van der Waals surface area contributed by atoms with Gasteiger partial charge in [0.15, 0.2) is 5.16 Å². The molecule has 1 amide bonds. The molecule has 0 fully saturated rings. The molecule has 7 heteroatoms. The quantitative estimate of drug-likeness (QED) is 0.601. The van der Waals surface area contributed by atoms with Crippen molar-refractivity contribution in [3.8, 4) is 0 Å². The molecule has 17 heavy (non-hydrogen) atoms. The smallest absolute Gasteiger partial charge is 0.227 e. The third-order valence-electron chi connectivity index (χ3n) is 2.35. The molecule has 0 radical (unpaired) electrons. The van der Waals surface area contributed by atoms with Gasteiger partial charge < -0.3 is 15.7 Å². The van der Waals surface area contributed by atoms with E-state index in [1.807, 2.05) is 12.1 Å². The number of carbonyl (C=O) groups is 1. The fraction of sp³-hybridized carbons (Fsp3) is 0.100. The average Bonchev–Trinajstić information content (AvgIpc) is 2.87. The minimum Gasteiger partial charge on any atom is -0.369 e. The van der Waals surface area contributed by atoms with Gasteiger partial charge >= 0.3 is 0 Å². The Labute approximate surface area is 100 Å². The van der Waals surface area contributed by atoms with Gasteiger partial charge in [0, 0.05) is 0 Å². The molecule has 0 spiro atoms. The van der Waals surface area contributed by atoms with Crippen LogP contribution in [0.4, 0.5) is 0 Å². The van der Waals surface area contributed by atoms with Gasteiger partial charge in [-0.2, -0.15) is 0 Å².